The van der Waals surface area contributed by atoms with Gasteiger partial charge in [-0.3, -0.25) is 4.79 Å². The molecule has 1 unspecified atom stereocenters. The first-order valence-corrected chi connectivity index (χ1v) is 8.00. The van der Waals surface area contributed by atoms with Crippen LogP contribution in [0.15, 0.2) is 30.3 Å². The fourth-order valence-corrected chi connectivity index (χ4v) is 3.70. The summed E-state index contributed by atoms with van der Waals surface area (Å²) in [6.07, 6.45) is 2.25. The van der Waals surface area contributed by atoms with Crippen molar-refractivity contribution in [3.63, 3.8) is 0 Å². The molecule has 0 spiro atoms. The maximum atomic E-state index is 10.6. The van der Waals surface area contributed by atoms with Crippen LogP contribution in [0.2, 0.25) is 0 Å². The Balaban J connectivity index is 1.93. The lowest BCUT2D eigenvalue weighted by atomic mass is 10.1. The molecule has 1 heterocycles. The third-order valence-electron chi connectivity index (χ3n) is 3.44. The molecule has 1 aliphatic heterocycles. The van der Waals surface area contributed by atoms with Crippen LogP contribution in [-0.4, -0.2) is 35.7 Å². The van der Waals surface area contributed by atoms with E-state index in [1.54, 1.807) is 0 Å². The molecular formula is C15H21NO2S. The van der Waals surface area contributed by atoms with Crippen molar-refractivity contribution < 1.29 is 9.90 Å². The van der Waals surface area contributed by atoms with Crippen molar-refractivity contribution in [2.24, 2.45) is 5.92 Å². The summed E-state index contributed by atoms with van der Waals surface area (Å²) in [6.45, 7) is 1.88. The average Bonchev–Trinajstić information content (AvgIpc) is 2.91. The molecule has 1 aliphatic rings. The fraction of sp³-hybridized carbons (Fsp3) is 0.533. The van der Waals surface area contributed by atoms with Crippen molar-refractivity contribution in [3.05, 3.63) is 30.3 Å². The van der Waals surface area contributed by atoms with Gasteiger partial charge in [-0.25, -0.2) is 0 Å². The number of carboxylic acids is 1. The molecule has 1 aromatic rings. The van der Waals surface area contributed by atoms with Crippen molar-refractivity contribution in [2.75, 3.05) is 29.5 Å². The summed E-state index contributed by atoms with van der Waals surface area (Å²) in [7, 11) is 0. The summed E-state index contributed by atoms with van der Waals surface area (Å²) in [5, 5.41) is 8.76. The fourth-order valence-electron chi connectivity index (χ4n) is 2.42. The molecule has 0 bridgehead atoms. The molecule has 0 amide bonds. The summed E-state index contributed by atoms with van der Waals surface area (Å²) in [4.78, 5) is 13.0. The van der Waals surface area contributed by atoms with E-state index in [0.29, 0.717) is 6.42 Å². The van der Waals surface area contributed by atoms with E-state index < -0.39 is 5.97 Å². The van der Waals surface area contributed by atoms with E-state index in [4.69, 9.17) is 5.11 Å². The molecule has 1 N–H and O–H groups in total. The predicted molar refractivity (Wildman–Crippen MR) is 81.0 cm³/mol. The molecule has 2 rings (SSSR count). The van der Waals surface area contributed by atoms with Crippen molar-refractivity contribution >= 4 is 23.4 Å². The van der Waals surface area contributed by atoms with E-state index in [1.807, 2.05) is 30.0 Å². The number of hydrogen-bond acceptors (Lipinski definition) is 3. The Morgan fingerprint density at radius 2 is 2.16 bits per heavy atom. The second kappa shape index (κ2) is 7.43. The van der Waals surface area contributed by atoms with Crippen molar-refractivity contribution in [3.8, 4) is 0 Å². The van der Waals surface area contributed by atoms with Crippen LogP contribution < -0.4 is 4.90 Å². The molecule has 0 aliphatic carbocycles. The van der Waals surface area contributed by atoms with Crippen LogP contribution in [0.4, 0.5) is 5.69 Å². The first kappa shape index (κ1) is 14.3. The Bertz CT molecular complexity index is 390. The topological polar surface area (TPSA) is 40.5 Å². The number of anilines is 1. The third kappa shape index (κ3) is 4.78. The van der Waals surface area contributed by atoms with Crippen LogP contribution in [0.1, 0.15) is 19.3 Å². The number of carboxylic acid groups (broad SMARTS) is 1. The molecular weight excluding hydrogens is 258 g/mol. The van der Waals surface area contributed by atoms with E-state index >= 15 is 0 Å². The summed E-state index contributed by atoms with van der Waals surface area (Å²) in [6, 6.07) is 10.3. The lowest BCUT2D eigenvalue weighted by molar-refractivity contribution is -0.137. The lowest BCUT2D eigenvalue weighted by Gasteiger charge is -2.27. The Morgan fingerprint density at radius 3 is 2.79 bits per heavy atom. The van der Waals surface area contributed by atoms with Crippen molar-refractivity contribution in [2.45, 2.75) is 19.3 Å². The van der Waals surface area contributed by atoms with Crippen molar-refractivity contribution in [1.82, 2.24) is 0 Å². The minimum atomic E-state index is -0.704. The van der Waals surface area contributed by atoms with Crippen LogP contribution >= 0.6 is 11.8 Å². The van der Waals surface area contributed by atoms with Gasteiger partial charge < -0.3 is 10.0 Å². The van der Waals surface area contributed by atoms with Crippen LogP contribution in [0, 0.1) is 5.92 Å². The zero-order chi connectivity index (χ0) is 13.5. The highest BCUT2D eigenvalue weighted by Gasteiger charge is 2.19. The van der Waals surface area contributed by atoms with Gasteiger partial charge in [-0.2, -0.15) is 11.8 Å². The molecule has 104 valence electrons. The molecule has 0 saturated carbocycles. The SMILES string of the molecule is O=C(O)CCCN(CC1CCSC1)c1ccccc1. The summed E-state index contributed by atoms with van der Waals surface area (Å²) in [5.74, 6) is 2.55. The quantitative estimate of drug-likeness (QED) is 0.832. The molecule has 1 fully saturated rings. The van der Waals surface area contributed by atoms with E-state index in [9.17, 15) is 4.79 Å². The Hall–Kier alpha value is -1.16. The molecule has 3 nitrogen and oxygen atoms in total. The lowest BCUT2D eigenvalue weighted by Crippen LogP contribution is -2.30. The number of aliphatic carboxylic acids is 1. The van der Waals surface area contributed by atoms with Gasteiger partial charge in [0.2, 0.25) is 0 Å². The van der Waals surface area contributed by atoms with Crippen LogP contribution in [0.5, 0.6) is 0 Å². The van der Waals surface area contributed by atoms with Gasteiger partial charge in [0.15, 0.2) is 0 Å². The first-order chi connectivity index (χ1) is 9.25. The van der Waals surface area contributed by atoms with Gasteiger partial charge >= 0.3 is 5.97 Å². The van der Waals surface area contributed by atoms with Gasteiger partial charge in [0.1, 0.15) is 0 Å². The standard InChI is InChI=1S/C15H21NO2S/c17-15(18)7-4-9-16(11-13-8-10-19-12-13)14-5-2-1-3-6-14/h1-3,5-6,13H,4,7-12H2,(H,17,18). The predicted octanol–water partition coefficient (Wildman–Crippen LogP) is 3.11. The highest BCUT2D eigenvalue weighted by molar-refractivity contribution is 7.99. The summed E-state index contributed by atoms with van der Waals surface area (Å²) >= 11 is 2.03. The average molecular weight is 279 g/mol. The van der Waals surface area contributed by atoms with E-state index in [-0.39, 0.29) is 6.42 Å². The maximum Gasteiger partial charge on any atom is 0.303 e. The minimum Gasteiger partial charge on any atom is -0.481 e. The van der Waals surface area contributed by atoms with Crippen molar-refractivity contribution in [1.29, 1.82) is 0 Å². The molecule has 1 saturated heterocycles. The normalized spacial score (nSPS) is 18.4. The van der Waals surface area contributed by atoms with Crippen LogP contribution in [0.25, 0.3) is 0 Å². The number of para-hydroxylation sites is 1. The van der Waals surface area contributed by atoms with Gasteiger partial charge in [-0.15, -0.1) is 0 Å². The number of thioether (sulfide) groups is 1. The zero-order valence-corrected chi connectivity index (χ0v) is 11.9. The Kier molecular flexibility index (Phi) is 5.58. The second-order valence-corrected chi connectivity index (χ2v) is 6.16. The number of benzene rings is 1. The number of hydrogen-bond donors (Lipinski definition) is 1. The van der Waals surface area contributed by atoms with Gasteiger partial charge in [0, 0.05) is 25.2 Å². The van der Waals surface area contributed by atoms with E-state index in [1.165, 1.54) is 23.6 Å². The van der Waals surface area contributed by atoms with Gasteiger partial charge in [-0.1, -0.05) is 18.2 Å². The minimum absolute atomic E-state index is 0.253. The number of nitrogens with zero attached hydrogens (tertiary/aromatic N) is 1. The highest BCUT2D eigenvalue weighted by atomic mass is 32.2. The molecule has 1 atom stereocenters. The largest absolute Gasteiger partial charge is 0.481 e. The molecule has 0 radical (unpaired) electrons. The van der Waals surface area contributed by atoms with Gasteiger partial charge in [0.05, 0.1) is 0 Å². The zero-order valence-electron chi connectivity index (χ0n) is 11.1. The monoisotopic (exact) mass is 279 g/mol. The Morgan fingerprint density at radius 1 is 1.37 bits per heavy atom. The molecule has 4 heteroatoms. The smallest absolute Gasteiger partial charge is 0.303 e. The van der Waals surface area contributed by atoms with E-state index in [2.05, 4.69) is 17.0 Å². The summed E-state index contributed by atoms with van der Waals surface area (Å²) < 4.78 is 0. The third-order valence-corrected chi connectivity index (χ3v) is 4.67. The second-order valence-electron chi connectivity index (χ2n) is 5.01. The molecule has 1 aromatic carbocycles. The van der Waals surface area contributed by atoms with Gasteiger partial charge in [-0.05, 0) is 42.4 Å². The number of rotatable bonds is 7. The van der Waals surface area contributed by atoms with E-state index in [0.717, 1.165) is 19.0 Å². The number of carbonyl (C=O) groups is 1. The first-order valence-electron chi connectivity index (χ1n) is 6.85. The summed E-state index contributed by atoms with van der Waals surface area (Å²) in [5.41, 5.74) is 1.21. The van der Waals surface area contributed by atoms with Crippen LogP contribution in [0.3, 0.4) is 0 Å². The van der Waals surface area contributed by atoms with Crippen LogP contribution in [-0.2, 0) is 4.79 Å². The maximum absolute atomic E-state index is 10.6. The van der Waals surface area contributed by atoms with Gasteiger partial charge in [0.25, 0.3) is 0 Å². The molecule has 0 aromatic heterocycles. The highest BCUT2D eigenvalue weighted by Crippen LogP contribution is 2.26. The molecule has 19 heavy (non-hydrogen) atoms. The Labute approximate surface area is 119 Å².